The van der Waals surface area contributed by atoms with Crippen LogP contribution in [0.4, 0.5) is 0 Å². The van der Waals surface area contributed by atoms with Crippen LogP contribution in [0.15, 0.2) is 52.0 Å². The number of nitrogens with one attached hydrogen (secondary N) is 1. The predicted octanol–water partition coefficient (Wildman–Crippen LogP) is 4.03. The van der Waals surface area contributed by atoms with Crippen LogP contribution in [-0.2, 0) is 4.79 Å². The summed E-state index contributed by atoms with van der Waals surface area (Å²) < 4.78 is 11.7. The molecule has 24 heavy (non-hydrogen) atoms. The number of benzene rings is 2. The number of rotatable bonds is 7. The van der Waals surface area contributed by atoms with Crippen LogP contribution in [0.3, 0.4) is 0 Å². The van der Waals surface area contributed by atoms with Gasteiger partial charge in [-0.15, -0.1) is 0 Å². The summed E-state index contributed by atoms with van der Waals surface area (Å²) >= 11 is 9.32. The Labute approximate surface area is 153 Å². The van der Waals surface area contributed by atoms with Crippen LogP contribution in [-0.4, -0.2) is 25.3 Å². The van der Waals surface area contributed by atoms with Crippen LogP contribution < -0.4 is 14.9 Å². The normalized spacial score (nSPS) is 10.6. The average molecular weight is 412 g/mol. The van der Waals surface area contributed by atoms with Crippen molar-refractivity contribution in [3.05, 3.63) is 57.5 Å². The van der Waals surface area contributed by atoms with Crippen molar-refractivity contribution >= 4 is 39.7 Å². The average Bonchev–Trinajstić information content (AvgIpc) is 2.56. The Kier molecular flexibility index (Phi) is 7.08. The second-order valence-corrected chi connectivity index (χ2v) is 5.95. The zero-order valence-electron chi connectivity index (χ0n) is 13.0. The summed E-state index contributed by atoms with van der Waals surface area (Å²) in [6.45, 7) is 2.27. The Hall–Kier alpha value is -2.05. The predicted molar refractivity (Wildman–Crippen MR) is 98.0 cm³/mol. The lowest BCUT2D eigenvalue weighted by molar-refractivity contribution is -0.123. The number of halogens is 2. The molecule has 7 heteroatoms. The number of amides is 1. The lowest BCUT2D eigenvalue weighted by Crippen LogP contribution is -2.24. The summed E-state index contributed by atoms with van der Waals surface area (Å²) in [7, 11) is 0. The first-order valence-corrected chi connectivity index (χ1v) is 8.39. The quantitative estimate of drug-likeness (QED) is 0.553. The largest absolute Gasteiger partial charge is 0.493 e. The fourth-order valence-corrected chi connectivity index (χ4v) is 2.54. The van der Waals surface area contributed by atoms with Gasteiger partial charge in [0.15, 0.2) is 6.61 Å². The van der Waals surface area contributed by atoms with Gasteiger partial charge in [-0.05, 0) is 37.3 Å². The fraction of sp³-hybridized carbons (Fsp3) is 0.176. The van der Waals surface area contributed by atoms with Crippen LogP contribution in [0.5, 0.6) is 11.5 Å². The van der Waals surface area contributed by atoms with E-state index in [-0.39, 0.29) is 12.5 Å². The van der Waals surface area contributed by atoms with Crippen molar-refractivity contribution in [2.45, 2.75) is 6.92 Å². The van der Waals surface area contributed by atoms with E-state index < -0.39 is 0 Å². The molecule has 0 heterocycles. The third-order valence-electron chi connectivity index (χ3n) is 2.86. The molecule has 0 atom stereocenters. The van der Waals surface area contributed by atoms with Gasteiger partial charge in [0.05, 0.1) is 17.8 Å². The summed E-state index contributed by atoms with van der Waals surface area (Å²) in [5.41, 5.74) is 3.17. The van der Waals surface area contributed by atoms with E-state index in [2.05, 4.69) is 26.5 Å². The number of carbonyl (C=O) groups excluding carboxylic acids is 1. The molecule has 0 aliphatic heterocycles. The molecule has 5 nitrogen and oxygen atoms in total. The second kappa shape index (κ2) is 9.30. The first kappa shape index (κ1) is 18.3. The Balaban J connectivity index is 1.87. The molecule has 126 valence electrons. The molecule has 0 spiro atoms. The number of carbonyl (C=O) groups is 1. The highest BCUT2D eigenvalue weighted by Gasteiger charge is 2.06. The highest BCUT2D eigenvalue weighted by Crippen LogP contribution is 2.27. The maximum atomic E-state index is 11.8. The zero-order chi connectivity index (χ0) is 17.4. The summed E-state index contributed by atoms with van der Waals surface area (Å²) in [6, 6.07) is 12.6. The number of para-hydroxylation sites is 1. The number of ether oxygens (including phenoxy) is 2. The molecule has 0 bridgehead atoms. The first-order chi connectivity index (χ1) is 11.6. The number of hydrazone groups is 1. The summed E-state index contributed by atoms with van der Waals surface area (Å²) in [5, 5.41) is 4.33. The van der Waals surface area contributed by atoms with E-state index in [9.17, 15) is 4.79 Å². The zero-order valence-corrected chi connectivity index (χ0v) is 15.3. The van der Waals surface area contributed by atoms with Gasteiger partial charge >= 0.3 is 0 Å². The molecular formula is C17H16BrClN2O3. The number of nitrogens with zero attached hydrogens (tertiary/aromatic N) is 1. The monoisotopic (exact) mass is 410 g/mol. The Morgan fingerprint density at radius 2 is 2.04 bits per heavy atom. The molecular weight excluding hydrogens is 396 g/mol. The minimum Gasteiger partial charge on any atom is -0.493 e. The molecule has 0 aliphatic rings. The molecule has 0 aliphatic carbocycles. The molecule has 1 N–H and O–H groups in total. The second-order valence-electron chi connectivity index (χ2n) is 4.63. The molecule has 0 fully saturated rings. The van der Waals surface area contributed by atoms with Gasteiger partial charge < -0.3 is 9.47 Å². The van der Waals surface area contributed by atoms with Crippen LogP contribution in [0, 0.1) is 0 Å². The molecule has 1 amide bonds. The molecule has 0 saturated heterocycles. The number of hydrogen-bond acceptors (Lipinski definition) is 4. The third-order valence-corrected chi connectivity index (χ3v) is 3.65. The topological polar surface area (TPSA) is 59.9 Å². The smallest absolute Gasteiger partial charge is 0.277 e. The van der Waals surface area contributed by atoms with E-state index in [1.54, 1.807) is 18.2 Å². The Morgan fingerprint density at radius 1 is 1.25 bits per heavy atom. The van der Waals surface area contributed by atoms with Gasteiger partial charge in [-0.25, -0.2) is 5.43 Å². The molecule has 0 radical (unpaired) electrons. The van der Waals surface area contributed by atoms with Crippen molar-refractivity contribution in [1.29, 1.82) is 0 Å². The lowest BCUT2D eigenvalue weighted by atomic mass is 10.2. The van der Waals surface area contributed by atoms with Crippen molar-refractivity contribution in [3.8, 4) is 11.5 Å². The Morgan fingerprint density at radius 3 is 2.79 bits per heavy atom. The number of hydrogen-bond donors (Lipinski definition) is 1. The summed E-state index contributed by atoms with van der Waals surface area (Å²) in [6.07, 6.45) is 1.52. The van der Waals surface area contributed by atoms with E-state index in [0.29, 0.717) is 23.1 Å². The van der Waals surface area contributed by atoms with Crippen LogP contribution in [0.1, 0.15) is 12.5 Å². The highest BCUT2D eigenvalue weighted by molar-refractivity contribution is 9.10. The Bertz CT molecular complexity index is 738. The molecule has 2 rings (SSSR count). The van der Waals surface area contributed by atoms with Gasteiger partial charge in [0.1, 0.15) is 11.5 Å². The van der Waals surface area contributed by atoms with E-state index in [1.807, 2.05) is 31.2 Å². The SMILES string of the molecule is CCOc1ccccc1/C=N/NC(=O)COc1ccc(Br)cc1Cl. The van der Waals surface area contributed by atoms with Crippen molar-refractivity contribution in [2.24, 2.45) is 5.10 Å². The third kappa shape index (κ3) is 5.54. The first-order valence-electron chi connectivity index (χ1n) is 7.21. The van der Waals surface area contributed by atoms with Gasteiger partial charge in [0, 0.05) is 10.0 Å². The van der Waals surface area contributed by atoms with E-state index in [0.717, 1.165) is 10.0 Å². The van der Waals surface area contributed by atoms with Gasteiger partial charge in [-0.2, -0.15) is 5.10 Å². The van der Waals surface area contributed by atoms with Crippen molar-refractivity contribution in [2.75, 3.05) is 13.2 Å². The van der Waals surface area contributed by atoms with Crippen LogP contribution >= 0.6 is 27.5 Å². The summed E-state index contributed by atoms with van der Waals surface area (Å²) in [5.74, 6) is 0.746. The van der Waals surface area contributed by atoms with E-state index in [4.69, 9.17) is 21.1 Å². The highest BCUT2D eigenvalue weighted by atomic mass is 79.9. The van der Waals surface area contributed by atoms with Crippen molar-refractivity contribution in [1.82, 2.24) is 5.43 Å². The maximum absolute atomic E-state index is 11.8. The van der Waals surface area contributed by atoms with Crippen molar-refractivity contribution in [3.63, 3.8) is 0 Å². The van der Waals surface area contributed by atoms with Crippen molar-refractivity contribution < 1.29 is 14.3 Å². The molecule has 2 aromatic carbocycles. The molecule has 0 aromatic heterocycles. The van der Waals surface area contributed by atoms with Crippen LogP contribution in [0.25, 0.3) is 0 Å². The minimum atomic E-state index is -0.390. The van der Waals surface area contributed by atoms with Gasteiger partial charge in [0.25, 0.3) is 5.91 Å². The summed E-state index contributed by atoms with van der Waals surface area (Å²) in [4.78, 5) is 11.8. The standard InChI is InChI=1S/C17H16BrClN2O3/c1-2-23-15-6-4-3-5-12(15)10-20-21-17(22)11-24-16-8-7-13(18)9-14(16)19/h3-10H,2,11H2,1H3,(H,21,22)/b20-10+. The van der Waals surface area contributed by atoms with Gasteiger partial charge in [-0.1, -0.05) is 39.7 Å². The van der Waals surface area contributed by atoms with Crippen LogP contribution in [0.2, 0.25) is 5.02 Å². The van der Waals surface area contributed by atoms with Gasteiger partial charge in [-0.3, -0.25) is 4.79 Å². The van der Waals surface area contributed by atoms with E-state index in [1.165, 1.54) is 6.21 Å². The maximum Gasteiger partial charge on any atom is 0.277 e. The molecule has 2 aromatic rings. The molecule has 0 unspecified atom stereocenters. The van der Waals surface area contributed by atoms with Gasteiger partial charge in [0.2, 0.25) is 0 Å². The molecule has 0 saturated carbocycles. The minimum absolute atomic E-state index is 0.189. The van der Waals surface area contributed by atoms with E-state index >= 15 is 0 Å². The fourth-order valence-electron chi connectivity index (χ4n) is 1.82. The lowest BCUT2D eigenvalue weighted by Gasteiger charge is -2.07.